The van der Waals surface area contributed by atoms with E-state index in [1.165, 1.54) is 22.3 Å². The minimum Gasteiger partial charge on any atom is -0.496 e. The van der Waals surface area contributed by atoms with Crippen molar-refractivity contribution in [2.75, 3.05) is 7.11 Å². The van der Waals surface area contributed by atoms with E-state index in [0.29, 0.717) is 6.54 Å². The lowest BCUT2D eigenvalue weighted by Crippen LogP contribution is -2.22. The third kappa shape index (κ3) is 6.08. The van der Waals surface area contributed by atoms with Crippen molar-refractivity contribution in [2.45, 2.75) is 47.0 Å². The molecule has 0 bridgehead atoms. The van der Waals surface area contributed by atoms with Gasteiger partial charge in [0, 0.05) is 43.3 Å². The number of nitrogens with zero attached hydrogens (tertiary/aromatic N) is 4. The largest absolute Gasteiger partial charge is 0.496 e. The highest BCUT2D eigenvalue weighted by Crippen LogP contribution is 2.24. The highest BCUT2D eigenvalue weighted by molar-refractivity contribution is 5.38. The summed E-state index contributed by atoms with van der Waals surface area (Å²) in [7, 11) is 1.73. The lowest BCUT2D eigenvalue weighted by molar-refractivity contribution is 0.247. The van der Waals surface area contributed by atoms with E-state index in [-0.39, 0.29) is 0 Å². The molecule has 0 saturated heterocycles. The van der Waals surface area contributed by atoms with Gasteiger partial charge in [0.15, 0.2) is 0 Å². The summed E-state index contributed by atoms with van der Waals surface area (Å²) in [6.07, 6.45) is 3.72. The molecule has 33 heavy (non-hydrogen) atoms. The lowest BCUT2D eigenvalue weighted by atomic mass is 10.1. The van der Waals surface area contributed by atoms with Crippen LogP contribution in [0, 0.1) is 20.8 Å². The summed E-state index contributed by atoms with van der Waals surface area (Å²) >= 11 is 0. The van der Waals surface area contributed by atoms with Gasteiger partial charge in [-0.15, -0.1) is 0 Å². The Morgan fingerprint density at radius 2 is 1.42 bits per heavy atom. The molecule has 0 radical (unpaired) electrons. The molecular formula is C28H32N4O. The molecule has 5 heteroatoms. The Labute approximate surface area is 196 Å². The van der Waals surface area contributed by atoms with Crippen molar-refractivity contribution in [3.8, 4) is 5.75 Å². The van der Waals surface area contributed by atoms with Gasteiger partial charge in [0.2, 0.25) is 0 Å². The molecule has 0 aliphatic carbocycles. The average molecular weight is 441 g/mol. The molecule has 0 atom stereocenters. The monoisotopic (exact) mass is 440 g/mol. The molecule has 0 aliphatic heterocycles. The van der Waals surface area contributed by atoms with Crippen LogP contribution in [0.2, 0.25) is 0 Å². The fraction of sp³-hybridized carbons (Fsp3) is 0.286. The van der Waals surface area contributed by atoms with Gasteiger partial charge in [0.25, 0.3) is 0 Å². The van der Waals surface area contributed by atoms with E-state index in [1.807, 2.05) is 24.0 Å². The summed E-state index contributed by atoms with van der Waals surface area (Å²) in [4.78, 5) is 6.64. The van der Waals surface area contributed by atoms with Crippen LogP contribution in [-0.2, 0) is 26.2 Å². The van der Waals surface area contributed by atoms with E-state index in [9.17, 15) is 0 Å². The second kappa shape index (κ2) is 10.5. The van der Waals surface area contributed by atoms with E-state index in [4.69, 9.17) is 4.74 Å². The van der Waals surface area contributed by atoms with Crippen LogP contribution in [-0.4, -0.2) is 26.8 Å². The summed E-state index contributed by atoms with van der Waals surface area (Å²) in [6.45, 7) is 9.51. The van der Waals surface area contributed by atoms with Crippen molar-refractivity contribution in [2.24, 2.45) is 0 Å². The first-order chi connectivity index (χ1) is 16.0. The first kappa shape index (κ1) is 22.7. The molecule has 0 N–H and O–H groups in total. The summed E-state index contributed by atoms with van der Waals surface area (Å²) in [5.41, 5.74) is 8.43. The van der Waals surface area contributed by atoms with E-state index >= 15 is 0 Å². The fourth-order valence-corrected chi connectivity index (χ4v) is 4.17. The topological polar surface area (TPSA) is 43.2 Å². The van der Waals surface area contributed by atoms with Crippen LogP contribution in [0.4, 0.5) is 0 Å². The minimum absolute atomic E-state index is 0.693. The predicted octanol–water partition coefficient (Wildman–Crippen LogP) is 5.46. The highest BCUT2D eigenvalue weighted by atomic mass is 16.5. The standard InChI is InChI=1S/C28H32N4O/c1-21-5-7-24(8-6-21)17-31(18-25-11-13-29-14-12-25)19-26-9-10-28(33-4)27(16-26)20-32-23(3)15-22(2)30-32/h5-16H,17-20H2,1-4H3. The molecule has 0 amide bonds. The van der Waals surface area contributed by atoms with Gasteiger partial charge in [-0.1, -0.05) is 35.9 Å². The van der Waals surface area contributed by atoms with Crippen LogP contribution in [0.25, 0.3) is 0 Å². The molecular weight excluding hydrogens is 408 g/mol. The second-order valence-corrected chi connectivity index (χ2v) is 8.72. The number of aryl methyl sites for hydroxylation is 3. The second-order valence-electron chi connectivity index (χ2n) is 8.72. The summed E-state index contributed by atoms with van der Waals surface area (Å²) in [5.74, 6) is 0.894. The quantitative estimate of drug-likeness (QED) is 0.346. The number of methoxy groups -OCH3 is 1. The third-order valence-corrected chi connectivity index (χ3v) is 5.86. The zero-order chi connectivity index (χ0) is 23.2. The van der Waals surface area contributed by atoms with Crippen molar-refractivity contribution in [3.05, 3.63) is 112 Å². The van der Waals surface area contributed by atoms with Crippen LogP contribution in [0.1, 0.15) is 39.2 Å². The van der Waals surface area contributed by atoms with Gasteiger partial charge in [-0.05, 0) is 67.8 Å². The first-order valence-corrected chi connectivity index (χ1v) is 11.3. The number of hydrogen-bond acceptors (Lipinski definition) is 4. The minimum atomic E-state index is 0.693. The Balaban J connectivity index is 1.58. The van der Waals surface area contributed by atoms with Crippen molar-refractivity contribution in [3.63, 3.8) is 0 Å². The Morgan fingerprint density at radius 3 is 2.06 bits per heavy atom. The number of rotatable bonds is 9. The zero-order valence-electron chi connectivity index (χ0n) is 20.0. The molecule has 4 aromatic rings. The smallest absolute Gasteiger partial charge is 0.123 e. The van der Waals surface area contributed by atoms with Gasteiger partial charge in [0.1, 0.15) is 5.75 Å². The van der Waals surface area contributed by atoms with Gasteiger partial charge in [0.05, 0.1) is 19.3 Å². The van der Waals surface area contributed by atoms with E-state index in [1.54, 1.807) is 7.11 Å². The molecule has 0 aliphatic rings. The van der Waals surface area contributed by atoms with Crippen molar-refractivity contribution < 1.29 is 4.74 Å². The number of ether oxygens (including phenoxy) is 1. The van der Waals surface area contributed by atoms with E-state index < -0.39 is 0 Å². The molecule has 170 valence electrons. The maximum absolute atomic E-state index is 5.67. The SMILES string of the molecule is COc1ccc(CN(Cc2ccncc2)Cc2ccc(C)cc2)cc1Cn1nc(C)cc1C. The van der Waals surface area contributed by atoms with Crippen LogP contribution in [0.3, 0.4) is 0 Å². The van der Waals surface area contributed by atoms with Gasteiger partial charge in [-0.3, -0.25) is 14.6 Å². The van der Waals surface area contributed by atoms with Crippen molar-refractivity contribution in [1.29, 1.82) is 0 Å². The fourth-order valence-electron chi connectivity index (χ4n) is 4.17. The number of hydrogen-bond donors (Lipinski definition) is 0. The van der Waals surface area contributed by atoms with Gasteiger partial charge in [-0.2, -0.15) is 5.10 Å². The van der Waals surface area contributed by atoms with Crippen LogP contribution in [0.15, 0.2) is 73.1 Å². The molecule has 5 nitrogen and oxygen atoms in total. The van der Waals surface area contributed by atoms with E-state index in [2.05, 4.69) is 89.5 Å². The Hall–Kier alpha value is -3.44. The molecule has 0 saturated carbocycles. The van der Waals surface area contributed by atoms with Gasteiger partial charge >= 0.3 is 0 Å². The molecule has 2 aromatic heterocycles. The molecule has 2 aromatic carbocycles. The Kier molecular flexibility index (Phi) is 7.20. The number of pyridine rings is 1. The number of benzene rings is 2. The maximum atomic E-state index is 5.67. The summed E-state index contributed by atoms with van der Waals surface area (Å²) in [6, 6.07) is 21.6. The zero-order valence-corrected chi connectivity index (χ0v) is 20.0. The third-order valence-electron chi connectivity index (χ3n) is 5.86. The first-order valence-electron chi connectivity index (χ1n) is 11.3. The Morgan fingerprint density at radius 1 is 0.788 bits per heavy atom. The lowest BCUT2D eigenvalue weighted by Gasteiger charge is -2.23. The van der Waals surface area contributed by atoms with Crippen LogP contribution < -0.4 is 4.74 Å². The average Bonchev–Trinajstić information content (AvgIpc) is 3.12. The maximum Gasteiger partial charge on any atom is 0.123 e. The molecule has 4 rings (SSSR count). The summed E-state index contributed by atoms with van der Waals surface area (Å²) in [5, 5.41) is 4.64. The predicted molar refractivity (Wildman–Crippen MR) is 132 cm³/mol. The van der Waals surface area contributed by atoms with Crippen LogP contribution in [0.5, 0.6) is 5.75 Å². The van der Waals surface area contributed by atoms with Crippen LogP contribution >= 0.6 is 0 Å². The molecule has 0 unspecified atom stereocenters. The van der Waals surface area contributed by atoms with E-state index in [0.717, 1.165) is 42.3 Å². The molecule has 0 spiro atoms. The normalized spacial score (nSPS) is 11.2. The number of aromatic nitrogens is 3. The Bertz CT molecular complexity index is 1180. The van der Waals surface area contributed by atoms with Crippen molar-refractivity contribution in [1.82, 2.24) is 19.7 Å². The highest BCUT2D eigenvalue weighted by Gasteiger charge is 2.13. The molecule has 0 fully saturated rings. The van der Waals surface area contributed by atoms with Gasteiger partial charge < -0.3 is 4.74 Å². The van der Waals surface area contributed by atoms with Crippen molar-refractivity contribution >= 4 is 0 Å². The summed E-state index contributed by atoms with van der Waals surface area (Å²) < 4.78 is 7.70. The molecule has 2 heterocycles. The van der Waals surface area contributed by atoms with Gasteiger partial charge in [-0.25, -0.2) is 0 Å².